The van der Waals surface area contributed by atoms with Gasteiger partial charge in [-0.15, -0.1) is 0 Å². The predicted octanol–water partition coefficient (Wildman–Crippen LogP) is 6.67. The average molecular weight is 433 g/mol. The van der Waals surface area contributed by atoms with E-state index in [1.54, 1.807) is 36.4 Å². The fourth-order valence-corrected chi connectivity index (χ4v) is 3.02. The number of carbonyl (C=O) groups is 1. The zero-order chi connectivity index (χ0) is 18.5. The fourth-order valence-electron chi connectivity index (χ4n) is 2.63. The van der Waals surface area contributed by atoms with Gasteiger partial charge in [-0.05, 0) is 66.2 Å². The maximum absolute atomic E-state index is 13.2. The summed E-state index contributed by atoms with van der Waals surface area (Å²) in [6, 6.07) is 20.5. The number of rotatable bonds is 6. The second-order valence-electron chi connectivity index (χ2n) is 5.89. The molecular weight excluding hydrogens is 417 g/mol. The van der Waals surface area contributed by atoms with Crippen LogP contribution >= 0.6 is 27.5 Å². The Balaban J connectivity index is 1.84. The van der Waals surface area contributed by atoms with Crippen molar-refractivity contribution in [3.63, 3.8) is 0 Å². The number of hydrogen-bond acceptors (Lipinski definition) is 2. The normalized spacial score (nSPS) is 11.8. The van der Waals surface area contributed by atoms with Crippen molar-refractivity contribution >= 4 is 39.0 Å². The average Bonchev–Trinajstić information content (AvgIpc) is 2.64. The van der Waals surface area contributed by atoms with Crippen molar-refractivity contribution in [2.75, 3.05) is 5.32 Å². The molecule has 0 heterocycles. The van der Waals surface area contributed by atoms with Gasteiger partial charge < -0.3 is 5.32 Å². The molecule has 0 amide bonds. The molecule has 3 aromatic rings. The standard InChI is InChI=1S/C21H16BrClFNO/c22-16-5-1-14(2-6-16)20(25-19-11-9-18(24)10-12-19)13-21(26)15-3-7-17(23)8-4-15/h1-12,20,25H,13H2/t20-/m1/s1. The Morgan fingerprint density at radius 1 is 0.962 bits per heavy atom. The molecule has 2 nitrogen and oxygen atoms in total. The largest absolute Gasteiger partial charge is 0.378 e. The van der Waals surface area contributed by atoms with Crippen LogP contribution < -0.4 is 5.32 Å². The van der Waals surface area contributed by atoms with Gasteiger partial charge in [-0.3, -0.25) is 4.79 Å². The van der Waals surface area contributed by atoms with E-state index in [-0.39, 0.29) is 24.1 Å². The van der Waals surface area contributed by atoms with Crippen LogP contribution in [0.5, 0.6) is 0 Å². The summed E-state index contributed by atoms with van der Waals surface area (Å²) in [5.41, 5.74) is 2.33. The van der Waals surface area contributed by atoms with Crippen molar-refractivity contribution in [2.45, 2.75) is 12.5 Å². The predicted molar refractivity (Wildman–Crippen MR) is 107 cm³/mol. The number of halogens is 3. The number of carbonyl (C=O) groups excluding carboxylic acids is 1. The van der Waals surface area contributed by atoms with E-state index in [0.29, 0.717) is 10.6 Å². The van der Waals surface area contributed by atoms with Crippen LogP contribution in [-0.2, 0) is 0 Å². The van der Waals surface area contributed by atoms with Crippen LogP contribution in [-0.4, -0.2) is 5.78 Å². The van der Waals surface area contributed by atoms with Gasteiger partial charge in [0.25, 0.3) is 0 Å². The second-order valence-corrected chi connectivity index (χ2v) is 7.24. The molecule has 26 heavy (non-hydrogen) atoms. The topological polar surface area (TPSA) is 29.1 Å². The summed E-state index contributed by atoms with van der Waals surface area (Å²) in [5, 5.41) is 3.92. The van der Waals surface area contributed by atoms with Crippen LogP contribution in [0.2, 0.25) is 5.02 Å². The quantitative estimate of drug-likeness (QED) is 0.441. The lowest BCUT2D eigenvalue weighted by Crippen LogP contribution is -2.16. The molecule has 0 aliphatic carbocycles. The van der Waals surface area contributed by atoms with E-state index in [1.165, 1.54) is 12.1 Å². The summed E-state index contributed by atoms with van der Waals surface area (Å²) in [4.78, 5) is 12.7. The van der Waals surface area contributed by atoms with Gasteiger partial charge in [0, 0.05) is 27.2 Å². The fraction of sp³-hybridized carbons (Fsp3) is 0.0952. The summed E-state index contributed by atoms with van der Waals surface area (Å²) in [5.74, 6) is -0.294. The Kier molecular flexibility index (Phi) is 6.07. The molecule has 3 aromatic carbocycles. The molecule has 0 fully saturated rings. The molecule has 0 spiro atoms. The van der Waals surface area contributed by atoms with Crippen LogP contribution in [0, 0.1) is 5.82 Å². The van der Waals surface area contributed by atoms with Gasteiger partial charge in [-0.25, -0.2) is 4.39 Å². The highest BCUT2D eigenvalue weighted by molar-refractivity contribution is 9.10. The molecule has 1 N–H and O–H groups in total. The first-order valence-corrected chi connectivity index (χ1v) is 9.25. The first-order chi connectivity index (χ1) is 12.5. The Morgan fingerprint density at radius 2 is 1.58 bits per heavy atom. The Hall–Kier alpha value is -2.17. The Bertz CT molecular complexity index is 879. The molecule has 0 unspecified atom stereocenters. The summed E-state index contributed by atoms with van der Waals surface area (Å²) >= 11 is 9.32. The minimum absolute atomic E-state index is 0.00389. The van der Waals surface area contributed by atoms with Crippen LogP contribution in [0.1, 0.15) is 28.4 Å². The molecule has 0 aromatic heterocycles. The number of Topliss-reactive ketones (excluding diaryl/α,β-unsaturated/α-hetero) is 1. The van der Waals surface area contributed by atoms with Crippen molar-refractivity contribution in [2.24, 2.45) is 0 Å². The summed E-state index contributed by atoms with van der Waals surface area (Å²) in [6.45, 7) is 0. The first-order valence-electron chi connectivity index (χ1n) is 8.07. The summed E-state index contributed by atoms with van der Waals surface area (Å²) in [6.07, 6.45) is 0.265. The highest BCUT2D eigenvalue weighted by Gasteiger charge is 2.17. The van der Waals surface area contributed by atoms with Gasteiger partial charge in [-0.2, -0.15) is 0 Å². The van der Waals surface area contributed by atoms with Crippen molar-refractivity contribution in [1.29, 1.82) is 0 Å². The van der Waals surface area contributed by atoms with Gasteiger partial charge in [0.2, 0.25) is 0 Å². The molecule has 0 saturated heterocycles. The second kappa shape index (κ2) is 8.47. The molecule has 5 heteroatoms. The summed E-state index contributed by atoms with van der Waals surface area (Å²) < 4.78 is 14.1. The molecule has 0 bridgehead atoms. The molecule has 0 saturated carbocycles. The number of hydrogen-bond donors (Lipinski definition) is 1. The first kappa shape index (κ1) is 18.6. The number of ketones is 1. The van der Waals surface area contributed by atoms with E-state index in [9.17, 15) is 9.18 Å². The SMILES string of the molecule is O=C(C[C@@H](Nc1ccc(F)cc1)c1ccc(Br)cc1)c1ccc(Cl)cc1. The van der Waals surface area contributed by atoms with Gasteiger partial charge in [0.15, 0.2) is 5.78 Å². The van der Waals surface area contributed by atoms with Crippen molar-refractivity contribution in [3.05, 3.63) is 99.2 Å². The maximum atomic E-state index is 13.2. The summed E-state index contributed by atoms with van der Waals surface area (Å²) in [7, 11) is 0. The van der Waals surface area contributed by atoms with E-state index in [2.05, 4.69) is 21.2 Å². The molecular formula is C21H16BrClFNO. The zero-order valence-electron chi connectivity index (χ0n) is 13.8. The van der Waals surface area contributed by atoms with Crippen molar-refractivity contribution in [3.8, 4) is 0 Å². The maximum Gasteiger partial charge on any atom is 0.165 e. The third kappa shape index (κ3) is 4.93. The van der Waals surface area contributed by atoms with Crippen molar-refractivity contribution in [1.82, 2.24) is 0 Å². The van der Waals surface area contributed by atoms with Crippen LogP contribution in [0.15, 0.2) is 77.3 Å². The third-order valence-electron chi connectivity index (χ3n) is 4.01. The van der Waals surface area contributed by atoms with Gasteiger partial charge in [-0.1, -0.05) is 39.7 Å². The third-order valence-corrected chi connectivity index (χ3v) is 4.79. The highest BCUT2D eigenvalue weighted by Crippen LogP contribution is 2.26. The van der Waals surface area contributed by atoms with Crippen LogP contribution in [0.4, 0.5) is 10.1 Å². The van der Waals surface area contributed by atoms with Gasteiger partial charge >= 0.3 is 0 Å². The molecule has 3 rings (SSSR count). The smallest absolute Gasteiger partial charge is 0.165 e. The number of anilines is 1. The van der Waals surface area contributed by atoms with Crippen LogP contribution in [0.3, 0.4) is 0 Å². The lowest BCUT2D eigenvalue weighted by atomic mass is 9.97. The zero-order valence-corrected chi connectivity index (χ0v) is 16.1. The van der Waals surface area contributed by atoms with E-state index in [4.69, 9.17) is 11.6 Å². The number of nitrogens with one attached hydrogen (secondary N) is 1. The minimum atomic E-state index is -0.298. The molecule has 0 radical (unpaired) electrons. The molecule has 1 atom stereocenters. The molecule has 0 aliphatic rings. The van der Waals surface area contributed by atoms with Gasteiger partial charge in [0.1, 0.15) is 5.82 Å². The minimum Gasteiger partial charge on any atom is -0.378 e. The van der Waals surface area contributed by atoms with Crippen LogP contribution in [0.25, 0.3) is 0 Å². The van der Waals surface area contributed by atoms with Gasteiger partial charge in [0.05, 0.1) is 6.04 Å². The van der Waals surface area contributed by atoms with E-state index < -0.39 is 0 Å². The number of benzene rings is 3. The molecule has 0 aliphatic heterocycles. The van der Waals surface area contributed by atoms with E-state index in [0.717, 1.165) is 15.7 Å². The monoisotopic (exact) mass is 431 g/mol. The van der Waals surface area contributed by atoms with E-state index in [1.807, 2.05) is 24.3 Å². The highest BCUT2D eigenvalue weighted by atomic mass is 79.9. The Labute approximate surface area is 165 Å². The lowest BCUT2D eigenvalue weighted by molar-refractivity contribution is 0.0976. The lowest BCUT2D eigenvalue weighted by Gasteiger charge is -2.20. The van der Waals surface area contributed by atoms with Crippen molar-refractivity contribution < 1.29 is 9.18 Å². The molecule has 132 valence electrons. The Morgan fingerprint density at radius 3 is 2.19 bits per heavy atom. The van der Waals surface area contributed by atoms with E-state index >= 15 is 0 Å².